The quantitative estimate of drug-likeness (QED) is 0.196. The van der Waals surface area contributed by atoms with Crippen LogP contribution in [0.15, 0.2) is 114 Å². The zero-order valence-electron chi connectivity index (χ0n) is 21.5. The first-order valence-corrected chi connectivity index (χ1v) is 14.5. The molecule has 4 aromatic carbocycles. The fourth-order valence-electron chi connectivity index (χ4n) is 4.73. The average Bonchev–Trinajstić information content (AvgIpc) is 2.97. The molecule has 0 aliphatic heterocycles. The SMILES string of the molecule is O=S(=O)(NCCNCCCc1ccc(F)cc1-c1ccccc1)c1cc(-c2ccccc2)cc2cnccc12. The van der Waals surface area contributed by atoms with E-state index in [1.165, 1.54) is 6.07 Å². The van der Waals surface area contributed by atoms with E-state index in [2.05, 4.69) is 15.0 Å². The van der Waals surface area contributed by atoms with Gasteiger partial charge in [-0.25, -0.2) is 17.5 Å². The van der Waals surface area contributed by atoms with Gasteiger partial charge in [0.15, 0.2) is 0 Å². The van der Waals surface area contributed by atoms with Crippen molar-refractivity contribution in [2.75, 3.05) is 19.6 Å². The second-order valence-corrected chi connectivity index (χ2v) is 11.1. The van der Waals surface area contributed by atoms with Crippen molar-refractivity contribution in [1.82, 2.24) is 15.0 Å². The fraction of sp³-hybridized carbons (Fsp3) is 0.156. The molecule has 0 spiro atoms. The van der Waals surface area contributed by atoms with Gasteiger partial charge in [-0.1, -0.05) is 66.7 Å². The molecule has 0 fully saturated rings. The van der Waals surface area contributed by atoms with E-state index in [0.717, 1.165) is 46.0 Å². The van der Waals surface area contributed by atoms with Gasteiger partial charge < -0.3 is 5.32 Å². The first kappa shape index (κ1) is 26.7. The van der Waals surface area contributed by atoms with Crippen molar-refractivity contribution in [1.29, 1.82) is 0 Å². The van der Waals surface area contributed by atoms with Gasteiger partial charge >= 0.3 is 0 Å². The summed E-state index contributed by atoms with van der Waals surface area (Å²) >= 11 is 0. The lowest BCUT2D eigenvalue weighted by atomic mass is 9.96. The van der Waals surface area contributed by atoms with Crippen LogP contribution in [0.25, 0.3) is 33.0 Å². The van der Waals surface area contributed by atoms with Gasteiger partial charge in [-0.05, 0) is 77.5 Å². The Morgan fingerprint density at radius 2 is 1.49 bits per heavy atom. The third-order valence-corrected chi connectivity index (χ3v) is 8.16. The summed E-state index contributed by atoms with van der Waals surface area (Å²) in [5.41, 5.74) is 4.76. The highest BCUT2D eigenvalue weighted by atomic mass is 32.2. The average molecular weight is 540 g/mol. The van der Waals surface area contributed by atoms with Crippen molar-refractivity contribution >= 4 is 20.8 Å². The van der Waals surface area contributed by atoms with Crippen molar-refractivity contribution in [3.8, 4) is 22.3 Å². The number of hydrogen-bond acceptors (Lipinski definition) is 4. The summed E-state index contributed by atoms with van der Waals surface area (Å²) in [7, 11) is -3.75. The maximum atomic E-state index is 13.9. The monoisotopic (exact) mass is 539 g/mol. The standard InChI is InChI=1S/C32H30FN3O2S/c33-29-14-13-26(31(22-29)25-10-5-2-6-11-25)12-7-16-34-18-19-36-39(37,38)32-21-27(24-8-3-1-4-9-24)20-28-23-35-17-15-30(28)32/h1-6,8-11,13-15,17,20-23,34,36H,7,12,16,18-19H2. The Morgan fingerprint density at radius 3 is 2.26 bits per heavy atom. The molecule has 7 heteroatoms. The van der Waals surface area contributed by atoms with Crippen LogP contribution in [0.2, 0.25) is 0 Å². The Balaban J connectivity index is 1.18. The van der Waals surface area contributed by atoms with Crippen molar-refractivity contribution in [2.45, 2.75) is 17.7 Å². The normalized spacial score (nSPS) is 11.6. The lowest BCUT2D eigenvalue weighted by Gasteiger charge is -2.13. The topological polar surface area (TPSA) is 71.1 Å². The minimum atomic E-state index is -3.75. The van der Waals surface area contributed by atoms with Crippen LogP contribution >= 0.6 is 0 Å². The summed E-state index contributed by atoms with van der Waals surface area (Å²) in [6, 6.07) is 29.9. The summed E-state index contributed by atoms with van der Waals surface area (Å²) in [5.74, 6) is -0.249. The van der Waals surface area contributed by atoms with Crippen LogP contribution < -0.4 is 10.0 Å². The van der Waals surface area contributed by atoms with Crippen molar-refractivity contribution in [2.24, 2.45) is 0 Å². The molecule has 0 unspecified atom stereocenters. The van der Waals surface area contributed by atoms with Crippen LogP contribution in [0.4, 0.5) is 4.39 Å². The lowest BCUT2D eigenvalue weighted by Crippen LogP contribution is -2.32. The van der Waals surface area contributed by atoms with Gasteiger partial charge in [0, 0.05) is 36.3 Å². The van der Waals surface area contributed by atoms with Gasteiger partial charge in [-0.15, -0.1) is 0 Å². The second-order valence-electron chi connectivity index (χ2n) is 9.36. The third kappa shape index (κ3) is 6.57. The van der Waals surface area contributed by atoms with E-state index in [0.29, 0.717) is 18.5 Å². The Morgan fingerprint density at radius 1 is 0.744 bits per heavy atom. The Kier molecular flexibility index (Phi) is 8.42. The minimum absolute atomic E-state index is 0.242. The molecule has 5 nitrogen and oxygen atoms in total. The Bertz CT molecular complexity index is 1660. The highest BCUT2D eigenvalue weighted by Crippen LogP contribution is 2.30. The number of aryl methyl sites for hydroxylation is 1. The van der Waals surface area contributed by atoms with Crippen LogP contribution in [-0.4, -0.2) is 33.0 Å². The number of sulfonamides is 1. The zero-order chi connectivity index (χ0) is 27.1. The molecular formula is C32H30FN3O2S. The Hall–Kier alpha value is -3.91. The molecule has 198 valence electrons. The van der Waals surface area contributed by atoms with Crippen LogP contribution in [0.1, 0.15) is 12.0 Å². The molecule has 0 bridgehead atoms. The van der Waals surface area contributed by atoms with Crippen LogP contribution in [0, 0.1) is 5.82 Å². The van der Waals surface area contributed by atoms with Gasteiger partial charge in [0.05, 0.1) is 4.90 Å². The summed E-state index contributed by atoms with van der Waals surface area (Å²) in [6.45, 7) is 1.47. The van der Waals surface area contributed by atoms with Gasteiger partial charge in [0.25, 0.3) is 0 Å². The van der Waals surface area contributed by atoms with E-state index in [9.17, 15) is 12.8 Å². The molecule has 1 aromatic heterocycles. The maximum Gasteiger partial charge on any atom is 0.241 e. The number of benzene rings is 4. The molecular weight excluding hydrogens is 509 g/mol. The molecule has 2 N–H and O–H groups in total. The molecule has 5 rings (SSSR count). The zero-order valence-corrected chi connectivity index (χ0v) is 22.3. The smallest absolute Gasteiger partial charge is 0.241 e. The molecule has 5 aromatic rings. The molecule has 0 aliphatic carbocycles. The van der Waals surface area contributed by atoms with Crippen LogP contribution in [0.5, 0.6) is 0 Å². The van der Waals surface area contributed by atoms with Crippen molar-refractivity contribution in [3.63, 3.8) is 0 Å². The predicted octanol–water partition coefficient (Wildman–Crippen LogP) is 6.21. The highest BCUT2D eigenvalue weighted by Gasteiger charge is 2.19. The number of nitrogens with one attached hydrogen (secondary N) is 2. The largest absolute Gasteiger partial charge is 0.315 e. The third-order valence-electron chi connectivity index (χ3n) is 6.66. The molecule has 0 saturated carbocycles. The number of rotatable bonds is 11. The summed E-state index contributed by atoms with van der Waals surface area (Å²) < 4.78 is 43.3. The van der Waals surface area contributed by atoms with Crippen molar-refractivity contribution < 1.29 is 12.8 Å². The molecule has 0 radical (unpaired) electrons. The number of halogens is 1. The second kappa shape index (κ2) is 12.3. The van der Waals surface area contributed by atoms with Crippen molar-refractivity contribution in [3.05, 3.63) is 121 Å². The number of nitrogens with zero attached hydrogens (tertiary/aromatic N) is 1. The van der Waals surface area contributed by atoms with Gasteiger partial charge in [-0.2, -0.15) is 0 Å². The lowest BCUT2D eigenvalue weighted by molar-refractivity contribution is 0.574. The molecule has 0 amide bonds. The van der Waals surface area contributed by atoms with E-state index < -0.39 is 10.0 Å². The van der Waals surface area contributed by atoms with E-state index in [4.69, 9.17) is 0 Å². The maximum absolute atomic E-state index is 13.9. The van der Waals surface area contributed by atoms with Crippen LogP contribution in [-0.2, 0) is 16.4 Å². The van der Waals surface area contributed by atoms with Gasteiger partial charge in [0.2, 0.25) is 10.0 Å². The molecule has 39 heavy (non-hydrogen) atoms. The van der Waals surface area contributed by atoms with E-state index in [1.807, 2.05) is 72.8 Å². The Labute approximate surface area is 228 Å². The highest BCUT2D eigenvalue weighted by molar-refractivity contribution is 7.89. The van der Waals surface area contributed by atoms with E-state index >= 15 is 0 Å². The predicted molar refractivity (Wildman–Crippen MR) is 155 cm³/mol. The minimum Gasteiger partial charge on any atom is -0.315 e. The summed E-state index contributed by atoms with van der Waals surface area (Å²) in [5, 5.41) is 4.72. The van der Waals surface area contributed by atoms with Gasteiger partial charge in [0.1, 0.15) is 5.82 Å². The first-order chi connectivity index (χ1) is 19.0. The first-order valence-electron chi connectivity index (χ1n) is 13.0. The number of aromatic nitrogens is 1. The fourth-order valence-corrected chi connectivity index (χ4v) is 6.01. The molecule has 0 atom stereocenters. The molecule has 0 saturated heterocycles. The number of pyridine rings is 1. The molecule has 1 heterocycles. The summed E-state index contributed by atoms with van der Waals surface area (Å²) in [4.78, 5) is 4.42. The van der Waals surface area contributed by atoms with Crippen LogP contribution in [0.3, 0.4) is 0 Å². The molecule has 0 aliphatic rings. The number of fused-ring (bicyclic) bond motifs is 1. The van der Waals surface area contributed by atoms with E-state index in [-0.39, 0.29) is 17.3 Å². The number of hydrogen-bond donors (Lipinski definition) is 2. The van der Waals surface area contributed by atoms with E-state index in [1.54, 1.807) is 30.6 Å². The summed E-state index contributed by atoms with van der Waals surface area (Å²) in [6.07, 6.45) is 4.92. The van der Waals surface area contributed by atoms with Gasteiger partial charge in [-0.3, -0.25) is 4.98 Å².